The SMILES string of the molecule is Cc1nc(-c2ccc(N3CCC(CN4CC(C)OC(C)C4)CC3)nc2)[nH]c(=O)c1C. The molecule has 0 saturated carbocycles. The lowest BCUT2D eigenvalue weighted by Gasteiger charge is -2.39. The highest BCUT2D eigenvalue weighted by Gasteiger charge is 2.27. The molecule has 2 aromatic rings. The summed E-state index contributed by atoms with van der Waals surface area (Å²) >= 11 is 0. The van der Waals surface area contributed by atoms with Gasteiger partial charge in [-0.05, 0) is 58.6 Å². The minimum atomic E-state index is -0.0901. The zero-order valence-corrected chi connectivity index (χ0v) is 18.5. The van der Waals surface area contributed by atoms with E-state index >= 15 is 0 Å². The molecule has 7 nitrogen and oxygen atoms in total. The number of pyridine rings is 1. The number of nitrogens with one attached hydrogen (secondary N) is 1. The zero-order chi connectivity index (χ0) is 21.3. The van der Waals surface area contributed by atoms with Crippen molar-refractivity contribution < 1.29 is 4.74 Å². The molecule has 0 spiro atoms. The van der Waals surface area contributed by atoms with E-state index in [4.69, 9.17) is 4.74 Å². The van der Waals surface area contributed by atoms with Crippen LogP contribution in [0.1, 0.15) is 37.9 Å². The van der Waals surface area contributed by atoms with Crippen LogP contribution in [0.3, 0.4) is 0 Å². The van der Waals surface area contributed by atoms with E-state index in [-0.39, 0.29) is 5.56 Å². The van der Waals surface area contributed by atoms with Crippen molar-refractivity contribution in [3.05, 3.63) is 39.9 Å². The van der Waals surface area contributed by atoms with E-state index in [0.29, 0.717) is 23.6 Å². The molecule has 2 unspecified atom stereocenters. The van der Waals surface area contributed by atoms with Gasteiger partial charge in [0.15, 0.2) is 0 Å². The van der Waals surface area contributed by atoms with Crippen molar-refractivity contribution in [3.63, 3.8) is 0 Å². The van der Waals surface area contributed by atoms with Gasteiger partial charge < -0.3 is 14.6 Å². The summed E-state index contributed by atoms with van der Waals surface area (Å²) in [6, 6.07) is 4.04. The maximum atomic E-state index is 12.0. The molecule has 2 saturated heterocycles. The lowest BCUT2D eigenvalue weighted by atomic mass is 9.95. The number of H-pyrrole nitrogens is 1. The molecule has 1 N–H and O–H groups in total. The number of hydrogen-bond donors (Lipinski definition) is 1. The topological polar surface area (TPSA) is 74.4 Å². The van der Waals surface area contributed by atoms with Crippen molar-refractivity contribution in [3.8, 4) is 11.4 Å². The maximum absolute atomic E-state index is 12.0. The zero-order valence-electron chi connectivity index (χ0n) is 18.5. The molecule has 7 heteroatoms. The second kappa shape index (κ2) is 8.86. The fourth-order valence-electron chi connectivity index (χ4n) is 4.64. The second-order valence-electron chi connectivity index (χ2n) is 8.94. The van der Waals surface area contributed by atoms with Crippen LogP contribution >= 0.6 is 0 Å². The summed E-state index contributed by atoms with van der Waals surface area (Å²) in [5.41, 5.74) is 2.16. The first kappa shape index (κ1) is 21.0. The Kier molecular flexibility index (Phi) is 6.20. The summed E-state index contributed by atoms with van der Waals surface area (Å²) in [6.07, 6.45) is 4.85. The van der Waals surface area contributed by atoms with E-state index in [2.05, 4.69) is 38.6 Å². The summed E-state index contributed by atoms with van der Waals surface area (Å²) in [5.74, 6) is 2.31. The fraction of sp³-hybridized carbons (Fsp3) is 0.609. The van der Waals surface area contributed by atoms with Crippen LogP contribution in [0.5, 0.6) is 0 Å². The van der Waals surface area contributed by atoms with E-state index in [0.717, 1.165) is 49.2 Å². The number of anilines is 1. The number of nitrogens with zero attached hydrogens (tertiary/aromatic N) is 4. The van der Waals surface area contributed by atoms with Gasteiger partial charge in [-0.15, -0.1) is 0 Å². The molecule has 0 aliphatic carbocycles. The van der Waals surface area contributed by atoms with E-state index < -0.39 is 0 Å². The van der Waals surface area contributed by atoms with E-state index in [9.17, 15) is 4.79 Å². The normalized spacial score (nSPS) is 23.7. The van der Waals surface area contributed by atoms with Gasteiger partial charge >= 0.3 is 0 Å². The summed E-state index contributed by atoms with van der Waals surface area (Å²) in [6.45, 7) is 13.3. The van der Waals surface area contributed by atoms with Gasteiger partial charge in [-0.2, -0.15) is 0 Å². The third-order valence-electron chi connectivity index (χ3n) is 6.37. The Morgan fingerprint density at radius 1 is 1.13 bits per heavy atom. The summed E-state index contributed by atoms with van der Waals surface area (Å²) in [7, 11) is 0. The second-order valence-corrected chi connectivity index (χ2v) is 8.94. The molecule has 0 bridgehead atoms. The standard InChI is InChI=1S/C23H33N5O2/c1-15-12-27(13-16(2)30-15)14-19-7-9-28(10-8-19)21-6-5-20(11-24-21)22-25-18(4)17(3)23(29)26-22/h5-6,11,15-16,19H,7-10,12-14H2,1-4H3,(H,25,26,29). The molecular weight excluding hydrogens is 378 g/mol. The Morgan fingerprint density at radius 3 is 2.43 bits per heavy atom. The quantitative estimate of drug-likeness (QED) is 0.834. The van der Waals surface area contributed by atoms with Gasteiger partial charge in [-0.25, -0.2) is 9.97 Å². The van der Waals surface area contributed by atoms with Crippen LogP contribution in [0.15, 0.2) is 23.1 Å². The van der Waals surface area contributed by atoms with Crippen LogP contribution in [0.4, 0.5) is 5.82 Å². The Morgan fingerprint density at radius 2 is 1.83 bits per heavy atom. The summed E-state index contributed by atoms with van der Waals surface area (Å²) in [5, 5.41) is 0. The molecule has 0 radical (unpaired) electrons. The van der Waals surface area contributed by atoms with Gasteiger partial charge in [-0.1, -0.05) is 0 Å². The van der Waals surface area contributed by atoms with Gasteiger partial charge in [-0.3, -0.25) is 9.69 Å². The van der Waals surface area contributed by atoms with Crippen molar-refractivity contribution in [2.24, 2.45) is 5.92 Å². The molecule has 0 aromatic carbocycles. The number of piperidine rings is 1. The van der Waals surface area contributed by atoms with Gasteiger partial charge in [0.05, 0.1) is 12.2 Å². The smallest absolute Gasteiger partial charge is 0.254 e. The van der Waals surface area contributed by atoms with Gasteiger partial charge in [0.2, 0.25) is 0 Å². The van der Waals surface area contributed by atoms with Crippen molar-refractivity contribution in [2.75, 3.05) is 37.6 Å². The van der Waals surface area contributed by atoms with E-state index in [1.165, 1.54) is 19.4 Å². The highest BCUT2D eigenvalue weighted by molar-refractivity contribution is 5.56. The summed E-state index contributed by atoms with van der Waals surface area (Å²) in [4.78, 5) is 29.0. The van der Waals surface area contributed by atoms with Gasteiger partial charge in [0, 0.05) is 55.7 Å². The Hall–Kier alpha value is -2.25. The fourth-order valence-corrected chi connectivity index (χ4v) is 4.64. The van der Waals surface area contributed by atoms with Crippen molar-refractivity contribution in [1.82, 2.24) is 19.9 Å². The average molecular weight is 412 g/mol. The van der Waals surface area contributed by atoms with Crippen LogP contribution in [-0.4, -0.2) is 64.8 Å². The Labute approximate surface area is 178 Å². The molecule has 0 amide bonds. The molecule has 2 aliphatic rings. The lowest BCUT2D eigenvalue weighted by molar-refractivity contribution is -0.0720. The molecule has 2 atom stereocenters. The number of hydrogen-bond acceptors (Lipinski definition) is 6. The number of aryl methyl sites for hydroxylation is 1. The summed E-state index contributed by atoms with van der Waals surface area (Å²) < 4.78 is 5.86. The third-order valence-corrected chi connectivity index (χ3v) is 6.37. The predicted octanol–water partition coefficient (Wildman–Crippen LogP) is 2.77. The Balaban J connectivity index is 1.34. The van der Waals surface area contributed by atoms with Crippen molar-refractivity contribution in [1.29, 1.82) is 0 Å². The number of aromatic amines is 1. The molecule has 4 rings (SSSR count). The van der Waals surface area contributed by atoms with Crippen LogP contribution in [-0.2, 0) is 4.74 Å². The first-order valence-electron chi connectivity index (χ1n) is 11.1. The number of morpholine rings is 1. The molecule has 4 heterocycles. The number of aromatic nitrogens is 3. The van der Waals surface area contributed by atoms with E-state index in [1.54, 1.807) is 6.92 Å². The highest BCUT2D eigenvalue weighted by atomic mass is 16.5. The lowest BCUT2D eigenvalue weighted by Crippen LogP contribution is -2.48. The van der Waals surface area contributed by atoms with Crippen LogP contribution in [0, 0.1) is 19.8 Å². The minimum Gasteiger partial charge on any atom is -0.373 e. The molecule has 30 heavy (non-hydrogen) atoms. The number of rotatable bonds is 4. The largest absolute Gasteiger partial charge is 0.373 e. The minimum absolute atomic E-state index is 0.0901. The molecule has 2 aliphatic heterocycles. The monoisotopic (exact) mass is 411 g/mol. The highest BCUT2D eigenvalue weighted by Crippen LogP contribution is 2.25. The molecular formula is C23H33N5O2. The van der Waals surface area contributed by atoms with Crippen LogP contribution < -0.4 is 10.5 Å². The van der Waals surface area contributed by atoms with E-state index in [1.807, 2.05) is 25.3 Å². The molecule has 2 aromatic heterocycles. The van der Waals surface area contributed by atoms with Crippen molar-refractivity contribution in [2.45, 2.75) is 52.7 Å². The Bertz CT molecular complexity index is 908. The average Bonchev–Trinajstić information content (AvgIpc) is 2.72. The first-order valence-corrected chi connectivity index (χ1v) is 11.1. The van der Waals surface area contributed by atoms with Crippen LogP contribution in [0.25, 0.3) is 11.4 Å². The van der Waals surface area contributed by atoms with Crippen LogP contribution in [0.2, 0.25) is 0 Å². The molecule has 162 valence electrons. The molecule has 2 fully saturated rings. The third kappa shape index (κ3) is 4.73. The first-order chi connectivity index (χ1) is 14.4. The maximum Gasteiger partial charge on any atom is 0.254 e. The van der Waals surface area contributed by atoms with Gasteiger partial charge in [0.25, 0.3) is 5.56 Å². The number of ether oxygens (including phenoxy) is 1. The van der Waals surface area contributed by atoms with Gasteiger partial charge in [0.1, 0.15) is 11.6 Å². The predicted molar refractivity (Wildman–Crippen MR) is 119 cm³/mol. The van der Waals surface area contributed by atoms with Crippen molar-refractivity contribution >= 4 is 5.82 Å².